The van der Waals surface area contributed by atoms with Gasteiger partial charge in [-0.3, -0.25) is 9.69 Å². The molecule has 2 aromatic heterocycles. The van der Waals surface area contributed by atoms with Crippen molar-refractivity contribution in [2.24, 2.45) is 0 Å². The van der Waals surface area contributed by atoms with E-state index in [0.717, 1.165) is 42.4 Å². The van der Waals surface area contributed by atoms with Gasteiger partial charge in [0.05, 0.1) is 11.8 Å². The molecule has 0 aromatic carbocycles. The number of hydrogen-bond donors (Lipinski definition) is 2. The van der Waals surface area contributed by atoms with E-state index in [4.69, 9.17) is 4.42 Å². The molecule has 0 spiro atoms. The number of anilines is 1. The molecule has 2 aliphatic rings. The summed E-state index contributed by atoms with van der Waals surface area (Å²) >= 11 is 1.72. The maximum atomic E-state index is 12.5. The first-order valence-electron chi connectivity index (χ1n) is 7.90. The minimum absolute atomic E-state index is 0.0234. The second kappa shape index (κ2) is 5.86. The Morgan fingerprint density at radius 2 is 2.39 bits per heavy atom. The van der Waals surface area contributed by atoms with E-state index in [9.17, 15) is 4.79 Å². The van der Waals surface area contributed by atoms with E-state index in [1.54, 1.807) is 17.6 Å². The first-order valence-corrected chi connectivity index (χ1v) is 8.72. The lowest BCUT2D eigenvalue weighted by atomic mass is 10.0. The molecule has 23 heavy (non-hydrogen) atoms. The van der Waals surface area contributed by atoms with Crippen LogP contribution in [-0.2, 0) is 13.0 Å². The largest absolute Gasteiger partial charge is 0.465 e. The summed E-state index contributed by atoms with van der Waals surface area (Å²) < 4.78 is 5.28. The molecular weight excluding hydrogens is 310 g/mol. The SMILES string of the molecule is CCN1CCc2c(sc3c2C(=O)N[C@H](/C=C/c2ccco2)N3)C1. The van der Waals surface area contributed by atoms with E-state index in [1.807, 2.05) is 24.3 Å². The molecule has 0 saturated carbocycles. The second-order valence-electron chi connectivity index (χ2n) is 5.80. The van der Waals surface area contributed by atoms with E-state index < -0.39 is 0 Å². The van der Waals surface area contributed by atoms with Crippen molar-refractivity contribution in [2.75, 3.05) is 18.4 Å². The van der Waals surface area contributed by atoms with Crippen LogP contribution < -0.4 is 10.6 Å². The molecular formula is C17H19N3O2S. The van der Waals surface area contributed by atoms with Gasteiger partial charge in [-0.2, -0.15) is 0 Å². The van der Waals surface area contributed by atoms with Gasteiger partial charge in [-0.15, -0.1) is 11.3 Å². The van der Waals surface area contributed by atoms with E-state index >= 15 is 0 Å². The molecule has 2 aliphatic heterocycles. The van der Waals surface area contributed by atoms with Gasteiger partial charge in [0.15, 0.2) is 0 Å². The molecule has 4 heterocycles. The minimum Gasteiger partial charge on any atom is -0.465 e. The number of carbonyl (C=O) groups excluding carboxylic acids is 1. The maximum absolute atomic E-state index is 12.5. The van der Waals surface area contributed by atoms with Crippen LogP contribution >= 0.6 is 11.3 Å². The molecule has 0 fully saturated rings. The fraction of sp³-hybridized carbons (Fsp3) is 0.353. The number of rotatable bonds is 3. The first kappa shape index (κ1) is 14.5. The fourth-order valence-corrected chi connectivity index (χ4v) is 4.46. The maximum Gasteiger partial charge on any atom is 0.256 e. The van der Waals surface area contributed by atoms with Crippen molar-refractivity contribution in [1.82, 2.24) is 10.2 Å². The highest BCUT2D eigenvalue weighted by Gasteiger charge is 2.31. The van der Waals surface area contributed by atoms with Gasteiger partial charge in [-0.25, -0.2) is 0 Å². The van der Waals surface area contributed by atoms with Gasteiger partial charge < -0.3 is 15.1 Å². The Kier molecular flexibility index (Phi) is 3.71. The summed E-state index contributed by atoms with van der Waals surface area (Å²) in [6.07, 6.45) is 6.17. The Hall–Kier alpha value is -2.05. The average molecular weight is 329 g/mol. The van der Waals surface area contributed by atoms with Crippen LogP contribution in [0.15, 0.2) is 28.9 Å². The van der Waals surface area contributed by atoms with Crippen molar-refractivity contribution in [3.05, 3.63) is 46.2 Å². The molecule has 1 amide bonds. The summed E-state index contributed by atoms with van der Waals surface area (Å²) in [5.41, 5.74) is 2.08. The van der Waals surface area contributed by atoms with Crippen LogP contribution in [0.25, 0.3) is 6.08 Å². The third-order valence-electron chi connectivity index (χ3n) is 4.38. The lowest BCUT2D eigenvalue weighted by molar-refractivity contribution is 0.0942. The summed E-state index contributed by atoms with van der Waals surface area (Å²) in [6.45, 7) is 5.21. The molecule has 120 valence electrons. The monoisotopic (exact) mass is 329 g/mol. The van der Waals surface area contributed by atoms with Crippen LogP contribution in [0.1, 0.15) is 33.5 Å². The molecule has 4 rings (SSSR count). The lowest BCUT2D eigenvalue weighted by Gasteiger charge is -2.26. The van der Waals surface area contributed by atoms with Crippen molar-refractivity contribution in [1.29, 1.82) is 0 Å². The second-order valence-corrected chi connectivity index (χ2v) is 6.90. The molecule has 0 aliphatic carbocycles. The predicted molar refractivity (Wildman–Crippen MR) is 91.6 cm³/mol. The van der Waals surface area contributed by atoms with Gasteiger partial charge in [0.2, 0.25) is 0 Å². The Balaban J connectivity index is 1.58. The Bertz CT molecular complexity index is 748. The summed E-state index contributed by atoms with van der Waals surface area (Å²) in [6, 6.07) is 3.73. The zero-order chi connectivity index (χ0) is 15.8. The molecule has 1 atom stereocenters. The summed E-state index contributed by atoms with van der Waals surface area (Å²) in [4.78, 5) is 16.3. The number of nitrogens with zero attached hydrogens (tertiary/aromatic N) is 1. The molecule has 2 N–H and O–H groups in total. The fourth-order valence-electron chi connectivity index (χ4n) is 3.13. The van der Waals surface area contributed by atoms with Crippen LogP contribution in [0.3, 0.4) is 0 Å². The summed E-state index contributed by atoms with van der Waals surface area (Å²) in [5, 5.41) is 7.42. The number of nitrogens with one attached hydrogen (secondary N) is 2. The standard InChI is InChI=1S/C17H19N3O2S/c1-2-20-8-7-12-13(10-20)23-17-15(12)16(21)18-14(19-17)6-5-11-4-3-9-22-11/h3-6,9,14,19H,2,7-8,10H2,1H3,(H,18,21)/b6-5+/t14-/m0/s1. The molecule has 6 heteroatoms. The van der Waals surface area contributed by atoms with Crippen LogP contribution in [-0.4, -0.2) is 30.1 Å². The van der Waals surface area contributed by atoms with Crippen LogP contribution in [0, 0.1) is 0 Å². The van der Waals surface area contributed by atoms with Gasteiger partial charge >= 0.3 is 0 Å². The van der Waals surface area contributed by atoms with Gasteiger partial charge in [-0.05, 0) is 42.8 Å². The summed E-state index contributed by atoms with van der Waals surface area (Å²) in [5.74, 6) is 0.797. The lowest BCUT2D eigenvalue weighted by Crippen LogP contribution is -2.43. The number of hydrogen-bond acceptors (Lipinski definition) is 5. The molecule has 2 aromatic rings. The van der Waals surface area contributed by atoms with Crippen LogP contribution in [0.5, 0.6) is 0 Å². The Labute approximate surface area is 139 Å². The molecule has 0 unspecified atom stereocenters. The molecule has 5 nitrogen and oxygen atoms in total. The zero-order valence-corrected chi connectivity index (χ0v) is 13.8. The highest BCUT2D eigenvalue weighted by molar-refractivity contribution is 7.16. The topological polar surface area (TPSA) is 57.5 Å². The third kappa shape index (κ3) is 2.68. The number of furan rings is 1. The molecule has 0 bridgehead atoms. The zero-order valence-electron chi connectivity index (χ0n) is 13.0. The van der Waals surface area contributed by atoms with E-state index in [2.05, 4.69) is 22.5 Å². The average Bonchev–Trinajstić information content (AvgIpc) is 3.19. The van der Waals surface area contributed by atoms with Crippen molar-refractivity contribution < 1.29 is 9.21 Å². The van der Waals surface area contributed by atoms with E-state index in [0.29, 0.717) is 0 Å². The molecule has 0 radical (unpaired) electrons. The quantitative estimate of drug-likeness (QED) is 0.909. The Morgan fingerprint density at radius 1 is 1.48 bits per heavy atom. The number of fused-ring (bicyclic) bond motifs is 3. The van der Waals surface area contributed by atoms with Crippen molar-refractivity contribution in [3.8, 4) is 0 Å². The van der Waals surface area contributed by atoms with Crippen LogP contribution in [0.2, 0.25) is 0 Å². The predicted octanol–water partition coefficient (Wildman–Crippen LogP) is 2.91. The van der Waals surface area contributed by atoms with Gasteiger partial charge in [0.1, 0.15) is 16.9 Å². The smallest absolute Gasteiger partial charge is 0.256 e. The third-order valence-corrected chi connectivity index (χ3v) is 5.53. The summed E-state index contributed by atoms with van der Waals surface area (Å²) in [7, 11) is 0. The van der Waals surface area contributed by atoms with E-state index in [1.165, 1.54) is 10.4 Å². The van der Waals surface area contributed by atoms with Gasteiger partial charge in [-0.1, -0.05) is 6.92 Å². The number of carbonyl (C=O) groups is 1. The van der Waals surface area contributed by atoms with Crippen molar-refractivity contribution >= 4 is 28.3 Å². The van der Waals surface area contributed by atoms with Crippen molar-refractivity contribution in [2.45, 2.75) is 26.1 Å². The Morgan fingerprint density at radius 3 is 3.17 bits per heavy atom. The molecule has 0 saturated heterocycles. The van der Waals surface area contributed by atoms with Crippen molar-refractivity contribution in [3.63, 3.8) is 0 Å². The number of thiophene rings is 1. The van der Waals surface area contributed by atoms with Crippen LogP contribution in [0.4, 0.5) is 5.00 Å². The number of amides is 1. The normalized spacial score (nSPS) is 20.9. The number of likely N-dealkylation sites (N-methyl/N-ethyl adjacent to an activating group) is 1. The van der Waals surface area contributed by atoms with Gasteiger partial charge in [0.25, 0.3) is 5.91 Å². The highest BCUT2D eigenvalue weighted by Crippen LogP contribution is 2.38. The minimum atomic E-state index is -0.206. The van der Waals surface area contributed by atoms with Gasteiger partial charge in [0, 0.05) is 18.0 Å². The first-order chi connectivity index (χ1) is 11.2. The highest BCUT2D eigenvalue weighted by atomic mass is 32.1. The van der Waals surface area contributed by atoms with E-state index in [-0.39, 0.29) is 12.1 Å².